The average molecular weight is 229 g/mol. The first-order valence-electron chi connectivity index (χ1n) is 5.37. The number of aryl methyl sites for hydroxylation is 1. The number of hydrogen-bond acceptors (Lipinski definition) is 2. The van der Waals surface area contributed by atoms with Crippen molar-refractivity contribution in [3.8, 4) is 0 Å². The molecule has 2 aromatic carbocycles. The van der Waals surface area contributed by atoms with Gasteiger partial charge in [-0.3, -0.25) is 0 Å². The fraction of sp³-hybridized carbons (Fsp3) is 0.143. The quantitative estimate of drug-likeness (QED) is 0.640. The Labute approximate surface area is 101 Å². The molecule has 0 heterocycles. The van der Waals surface area contributed by atoms with Gasteiger partial charge in [-0.25, -0.2) is 0 Å². The van der Waals surface area contributed by atoms with Gasteiger partial charge in [0.25, 0.3) is 0 Å². The maximum Gasteiger partial charge on any atom is 0.0314 e. The zero-order valence-electron chi connectivity index (χ0n) is 9.10. The number of nitrogen functional groups attached to an aromatic ring is 1. The van der Waals surface area contributed by atoms with Crippen LogP contribution in [0.4, 0.5) is 5.69 Å². The van der Waals surface area contributed by atoms with Crippen LogP contribution in [0, 0.1) is 0 Å². The zero-order valence-corrected chi connectivity index (χ0v) is 9.91. The predicted octanol–water partition coefficient (Wildman–Crippen LogP) is 3.60. The Hall–Kier alpha value is -1.41. The molecule has 0 atom stereocenters. The van der Waals surface area contributed by atoms with Gasteiger partial charge in [0.2, 0.25) is 0 Å². The van der Waals surface area contributed by atoms with Crippen molar-refractivity contribution >= 4 is 17.4 Å². The van der Waals surface area contributed by atoms with E-state index in [1.54, 1.807) is 0 Å². The molecule has 2 N–H and O–H groups in total. The van der Waals surface area contributed by atoms with E-state index in [0.29, 0.717) is 0 Å². The van der Waals surface area contributed by atoms with E-state index in [-0.39, 0.29) is 0 Å². The van der Waals surface area contributed by atoms with E-state index in [1.807, 2.05) is 30.0 Å². The largest absolute Gasteiger partial charge is 0.399 e. The highest BCUT2D eigenvalue weighted by atomic mass is 32.2. The molecule has 0 aliphatic carbocycles. The first kappa shape index (κ1) is 11.1. The summed E-state index contributed by atoms with van der Waals surface area (Å²) in [5.41, 5.74) is 7.82. The van der Waals surface area contributed by atoms with Gasteiger partial charge in [-0.1, -0.05) is 30.3 Å². The molecule has 0 spiro atoms. The molecule has 1 nitrogen and oxygen atoms in total. The minimum Gasteiger partial charge on any atom is -0.399 e. The lowest BCUT2D eigenvalue weighted by molar-refractivity contribution is 1.15. The molecule has 0 radical (unpaired) electrons. The van der Waals surface area contributed by atoms with Crippen LogP contribution >= 0.6 is 11.8 Å². The summed E-state index contributed by atoms with van der Waals surface area (Å²) in [5, 5.41) is 0. The van der Waals surface area contributed by atoms with Crippen LogP contribution in [-0.4, -0.2) is 5.75 Å². The molecular formula is C14H15NS. The van der Waals surface area contributed by atoms with Gasteiger partial charge in [0.15, 0.2) is 0 Å². The van der Waals surface area contributed by atoms with Gasteiger partial charge in [-0.2, -0.15) is 0 Å². The standard InChI is InChI=1S/C14H15NS/c15-13-8-6-12(7-9-13)10-11-16-14-4-2-1-3-5-14/h1-9H,10-11,15H2. The second-order valence-electron chi connectivity index (χ2n) is 3.65. The molecule has 82 valence electrons. The Morgan fingerprint density at radius 3 is 2.25 bits per heavy atom. The third-order valence-corrected chi connectivity index (χ3v) is 3.40. The average Bonchev–Trinajstić information content (AvgIpc) is 2.33. The minimum atomic E-state index is 0.833. The highest BCUT2D eigenvalue weighted by Crippen LogP contribution is 2.18. The van der Waals surface area contributed by atoms with Gasteiger partial charge >= 0.3 is 0 Å². The van der Waals surface area contributed by atoms with Crippen LogP contribution in [0.5, 0.6) is 0 Å². The Kier molecular flexibility index (Phi) is 3.89. The van der Waals surface area contributed by atoms with Gasteiger partial charge in [0.05, 0.1) is 0 Å². The molecule has 2 rings (SSSR count). The molecule has 16 heavy (non-hydrogen) atoms. The van der Waals surface area contributed by atoms with Crippen molar-refractivity contribution in [1.29, 1.82) is 0 Å². The molecule has 2 heteroatoms. The molecule has 0 fully saturated rings. The first-order valence-corrected chi connectivity index (χ1v) is 6.35. The number of nitrogens with two attached hydrogens (primary N) is 1. The van der Waals surface area contributed by atoms with E-state index in [4.69, 9.17) is 5.73 Å². The number of anilines is 1. The number of benzene rings is 2. The number of rotatable bonds is 4. The van der Waals surface area contributed by atoms with Gasteiger partial charge in [-0.15, -0.1) is 11.8 Å². The van der Waals surface area contributed by atoms with Gasteiger partial charge in [0.1, 0.15) is 0 Å². The normalized spacial score (nSPS) is 10.2. The third-order valence-electron chi connectivity index (χ3n) is 2.38. The molecule has 2 aromatic rings. The second kappa shape index (κ2) is 5.61. The van der Waals surface area contributed by atoms with Crippen molar-refractivity contribution in [2.24, 2.45) is 0 Å². The summed E-state index contributed by atoms with van der Waals surface area (Å²) < 4.78 is 0. The summed E-state index contributed by atoms with van der Waals surface area (Å²) in [5.74, 6) is 1.11. The van der Waals surface area contributed by atoms with Crippen molar-refractivity contribution in [2.75, 3.05) is 11.5 Å². The maximum atomic E-state index is 5.64. The lowest BCUT2D eigenvalue weighted by atomic mass is 10.2. The van der Waals surface area contributed by atoms with Crippen LogP contribution in [0.3, 0.4) is 0 Å². The third kappa shape index (κ3) is 3.31. The van der Waals surface area contributed by atoms with Crippen LogP contribution in [0.25, 0.3) is 0 Å². The van der Waals surface area contributed by atoms with E-state index < -0.39 is 0 Å². The Morgan fingerprint density at radius 1 is 0.875 bits per heavy atom. The number of hydrogen-bond donors (Lipinski definition) is 1. The molecule has 0 unspecified atom stereocenters. The fourth-order valence-electron chi connectivity index (χ4n) is 1.49. The van der Waals surface area contributed by atoms with Crippen LogP contribution in [0.2, 0.25) is 0 Å². The fourth-order valence-corrected chi connectivity index (χ4v) is 2.41. The summed E-state index contributed by atoms with van der Waals surface area (Å²) in [4.78, 5) is 1.33. The highest BCUT2D eigenvalue weighted by Gasteiger charge is 1.95. The van der Waals surface area contributed by atoms with Crippen molar-refractivity contribution in [1.82, 2.24) is 0 Å². The van der Waals surface area contributed by atoms with E-state index in [9.17, 15) is 0 Å². The van der Waals surface area contributed by atoms with Crippen LogP contribution in [0.15, 0.2) is 59.5 Å². The van der Waals surface area contributed by atoms with Crippen molar-refractivity contribution in [3.05, 3.63) is 60.2 Å². The van der Waals surface area contributed by atoms with Crippen LogP contribution < -0.4 is 5.73 Å². The summed E-state index contributed by atoms with van der Waals surface area (Å²) >= 11 is 1.89. The van der Waals surface area contributed by atoms with E-state index in [0.717, 1.165) is 17.9 Å². The highest BCUT2D eigenvalue weighted by molar-refractivity contribution is 7.99. The maximum absolute atomic E-state index is 5.64. The van der Waals surface area contributed by atoms with Gasteiger partial charge < -0.3 is 5.73 Å². The smallest absolute Gasteiger partial charge is 0.0314 e. The molecular weight excluding hydrogens is 214 g/mol. The zero-order chi connectivity index (χ0) is 11.2. The lowest BCUT2D eigenvalue weighted by Gasteiger charge is -2.02. The Balaban J connectivity index is 1.82. The van der Waals surface area contributed by atoms with E-state index >= 15 is 0 Å². The SMILES string of the molecule is Nc1ccc(CCSc2ccccc2)cc1. The van der Waals surface area contributed by atoms with Crippen molar-refractivity contribution < 1.29 is 0 Å². The molecule has 0 aromatic heterocycles. The molecule has 0 aliphatic rings. The lowest BCUT2D eigenvalue weighted by Crippen LogP contribution is -1.90. The van der Waals surface area contributed by atoms with Crippen molar-refractivity contribution in [3.63, 3.8) is 0 Å². The van der Waals surface area contributed by atoms with Crippen molar-refractivity contribution in [2.45, 2.75) is 11.3 Å². The molecule has 0 amide bonds. The Morgan fingerprint density at radius 2 is 1.56 bits per heavy atom. The van der Waals surface area contributed by atoms with Gasteiger partial charge in [0, 0.05) is 16.3 Å². The van der Waals surface area contributed by atoms with Crippen LogP contribution in [-0.2, 0) is 6.42 Å². The molecule has 0 bridgehead atoms. The Bertz CT molecular complexity index is 422. The summed E-state index contributed by atoms with van der Waals surface area (Å²) in [6, 6.07) is 18.6. The predicted molar refractivity (Wildman–Crippen MR) is 71.7 cm³/mol. The van der Waals surface area contributed by atoms with E-state index in [2.05, 4.69) is 36.4 Å². The molecule has 0 aliphatic heterocycles. The number of thioether (sulfide) groups is 1. The summed E-state index contributed by atoms with van der Waals surface area (Å²) in [6.07, 6.45) is 1.08. The monoisotopic (exact) mass is 229 g/mol. The summed E-state index contributed by atoms with van der Waals surface area (Å²) in [7, 11) is 0. The second-order valence-corrected chi connectivity index (χ2v) is 4.82. The minimum absolute atomic E-state index is 0.833. The van der Waals surface area contributed by atoms with Crippen LogP contribution in [0.1, 0.15) is 5.56 Å². The van der Waals surface area contributed by atoms with Gasteiger partial charge in [-0.05, 0) is 36.2 Å². The molecule has 0 saturated carbocycles. The first-order chi connectivity index (χ1) is 7.84. The molecule has 0 saturated heterocycles. The topological polar surface area (TPSA) is 26.0 Å². The van der Waals surface area contributed by atoms with E-state index in [1.165, 1.54) is 10.5 Å². The summed E-state index contributed by atoms with van der Waals surface area (Å²) in [6.45, 7) is 0.